The number of carbonyl (C=O) groups excluding carboxylic acids is 1. The Balaban J connectivity index is 2.19. The van der Waals surface area contributed by atoms with Crippen LogP contribution in [-0.2, 0) is 6.61 Å². The summed E-state index contributed by atoms with van der Waals surface area (Å²) >= 11 is 5.87. The van der Waals surface area contributed by atoms with Gasteiger partial charge in [-0.15, -0.1) is 0 Å². The quantitative estimate of drug-likeness (QED) is 0.475. The van der Waals surface area contributed by atoms with Crippen molar-refractivity contribution in [2.45, 2.75) is 13.5 Å². The topological polar surface area (TPSA) is 69.4 Å². The molecule has 0 unspecified atom stereocenters. The van der Waals surface area contributed by atoms with Crippen LogP contribution in [0.1, 0.15) is 22.8 Å². The van der Waals surface area contributed by atoms with E-state index in [1.165, 1.54) is 25.1 Å². The van der Waals surface area contributed by atoms with E-state index in [2.05, 4.69) is 0 Å². The third-order valence-electron chi connectivity index (χ3n) is 2.84. The van der Waals surface area contributed by atoms with Gasteiger partial charge in [0.2, 0.25) is 0 Å². The van der Waals surface area contributed by atoms with E-state index < -0.39 is 4.92 Å². The number of halogens is 1. The summed E-state index contributed by atoms with van der Waals surface area (Å²) in [5, 5.41) is 11.5. The Kier molecular flexibility index (Phi) is 4.55. The highest BCUT2D eigenvalue weighted by Crippen LogP contribution is 2.25. The Morgan fingerprint density at radius 2 is 2.05 bits per heavy atom. The molecule has 6 heteroatoms. The van der Waals surface area contributed by atoms with Crippen molar-refractivity contribution >= 4 is 23.1 Å². The summed E-state index contributed by atoms with van der Waals surface area (Å²) in [5.74, 6) is 0.0145. The van der Waals surface area contributed by atoms with E-state index in [4.69, 9.17) is 16.3 Å². The minimum absolute atomic E-state index is 0.0311. The highest BCUT2D eigenvalue weighted by Gasteiger charge is 2.18. The van der Waals surface area contributed by atoms with Gasteiger partial charge in [0.1, 0.15) is 12.4 Å². The molecule has 0 atom stereocenters. The average molecular weight is 306 g/mol. The van der Waals surface area contributed by atoms with Gasteiger partial charge < -0.3 is 4.74 Å². The Bertz CT molecular complexity index is 700. The lowest BCUT2D eigenvalue weighted by atomic mass is 10.1. The zero-order chi connectivity index (χ0) is 15.4. The number of carbonyl (C=O) groups is 1. The smallest absolute Gasteiger partial charge is 0.280 e. The molecule has 0 aliphatic heterocycles. The molecule has 2 rings (SSSR count). The molecule has 2 aromatic rings. The summed E-state index contributed by atoms with van der Waals surface area (Å²) in [4.78, 5) is 21.7. The Morgan fingerprint density at radius 3 is 2.67 bits per heavy atom. The van der Waals surface area contributed by atoms with Crippen LogP contribution in [0.4, 0.5) is 5.69 Å². The fraction of sp³-hybridized carbons (Fsp3) is 0.133. The van der Waals surface area contributed by atoms with E-state index >= 15 is 0 Å². The van der Waals surface area contributed by atoms with Gasteiger partial charge in [0.15, 0.2) is 5.78 Å². The molecule has 108 valence electrons. The average Bonchev–Trinajstić information content (AvgIpc) is 2.44. The number of rotatable bonds is 5. The summed E-state index contributed by atoms with van der Waals surface area (Å²) in [7, 11) is 0. The summed E-state index contributed by atoms with van der Waals surface area (Å²) in [5.41, 5.74) is 0.673. The predicted octanol–water partition coefficient (Wildman–Crippen LogP) is 4.03. The van der Waals surface area contributed by atoms with Gasteiger partial charge in [-0.25, -0.2) is 0 Å². The van der Waals surface area contributed by atoms with Crippen LogP contribution in [0.3, 0.4) is 0 Å². The molecular formula is C15H12ClNO4. The second-order valence-electron chi connectivity index (χ2n) is 4.41. The monoisotopic (exact) mass is 305 g/mol. The van der Waals surface area contributed by atoms with E-state index in [0.29, 0.717) is 10.8 Å². The number of ether oxygens (including phenoxy) is 1. The first-order chi connectivity index (χ1) is 9.97. The van der Waals surface area contributed by atoms with Gasteiger partial charge in [-0.3, -0.25) is 14.9 Å². The number of nitrogens with zero attached hydrogens (tertiary/aromatic N) is 1. The Morgan fingerprint density at radius 1 is 1.29 bits per heavy atom. The molecule has 0 aromatic heterocycles. The number of hydrogen-bond acceptors (Lipinski definition) is 4. The molecule has 21 heavy (non-hydrogen) atoms. The van der Waals surface area contributed by atoms with Crippen LogP contribution in [0.25, 0.3) is 0 Å². The number of benzene rings is 2. The standard InChI is InChI=1S/C15H12ClNO4/c1-10(18)14-8-13(5-6-15(14)17(19)20)21-9-11-3-2-4-12(16)7-11/h2-8H,9H2,1H3. The van der Waals surface area contributed by atoms with E-state index in [1.54, 1.807) is 18.2 Å². The van der Waals surface area contributed by atoms with E-state index in [1.807, 2.05) is 6.07 Å². The molecule has 0 saturated carbocycles. The van der Waals surface area contributed by atoms with Crippen molar-refractivity contribution in [2.24, 2.45) is 0 Å². The summed E-state index contributed by atoms with van der Waals surface area (Å²) < 4.78 is 5.54. The van der Waals surface area contributed by atoms with Crippen molar-refractivity contribution in [2.75, 3.05) is 0 Å². The van der Waals surface area contributed by atoms with Crippen molar-refractivity contribution in [3.8, 4) is 5.75 Å². The molecule has 0 amide bonds. The van der Waals surface area contributed by atoms with Crippen LogP contribution in [0.2, 0.25) is 5.02 Å². The first kappa shape index (κ1) is 15.0. The second-order valence-corrected chi connectivity index (χ2v) is 4.85. The van der Waals surface area contributed by atoms with Gasteiger partial charge in [0, 0.05) is 11.1 Å². The number of nitro groups is 1. The lowest BCUT2D eigenvalue weighted by Crippen LogP contribution is -2.02. The van der Waals surface area contributed by atoms with Crippen molar-refractivity contribution < 1.29 is 14.5 Å². The SMILES string of the molecule is CC(=O)c1cc(OCc2cccc(Cl)c2)ccc1[N+](=O)[O-]. The van der Waals surface area contributed by atoms with Gasteiger partial charge in [0.05, 0.1) is 10.5 Å². The van der Waals surface area contributed by atoms with Gasteiger partial charge in [-0.1, -0.05) is 23.7 Å². The van der Waals surface area contributed by atoms with Crippen LogP contribution in [0, 0.1) is 10.1 Å². The largest absolute Gasteiger partial charge is 0.489 e. The van der Waals surface area contributed by atoms with Crippen LogP contribution >= 0.6 is 11.6 Å². The number of ketones is 1. The third kappa shape index (κ3) is 3.79. The molecule has 0 aliphatic carbocycles. The first-order valence-electron chi connectivity index (χ1n) is 6.14. The maximum atomic E-state index is 11.5. The molecule has 0 spiro atoms. The van der Waals surface area contributed by atoms with Crippen LogP contribution in [-0.4, -0.2) is 10.7 Å². The normalized spacial score (nSPS) is 10.2. The molecule has 2 aromatic carbocycles. The second kappa shape index (κ2) is 6.37. The molecule has 0 radical (unpaired) electrons. The van der Waals surface area contributed by atoms with Crippen molar-refractivity contribution in [1.29, 1.82) is 0 Å². The maximum absolute atomic E-state index is 11.5. The molecule has 0 N–H and O–H groups in total. The predicted molar refractivity (Wildman–Crippen MR) is 78.9 cm³/mol. The molecule has 5 nitrogen and oxygen atoms in total. The summed E-state index contributed by atoms with van der Waals surface area (Å²) in [6.07, 6.45) is 0. The molecule has 0 aliphatic rings. The molecule has 0 heterocycles. The van der Waals surface area contributed by atoms with Crippen LogP contribution in [0.15, 0.2) is 42.5 Å². The van der Waals surface area contributed by atoms with Crippen molar-refractivity contribution in [1.82, 2.24) is 0 Å². The van der Waals surface area contributed by atoms with Crippen LogP contribution < -0.4 is 4.74 Å². The lowest BCUT2D eigenvalue weighted by Gasteiger charge is -2.08. The zero-order valence-electron chi connectivity index (χ0n) is 11.2. The number of hydrogen-bond donors (Lipinski definition) is 0. The minimum atomic E-state index is -0.586. The number of nitro benzene ring substituents is 1. The number of Topliss-reactive ketones (excluding diaryl/α,β-unsaturated/α-hetero) is 1. The molecule has 0 fully saturated rings. The summed E-state index contributed by atoms with van der Waals surface area (Å²) in [6, 6.07) is 11.3. The first-order valence-corrected chi connectivity index (χ1v) is 6.52. The Hall–Kier alpha value is -2.40. The molecule has 0 saturated heterocycles. The highest BCUT2D eigenvalue weighted by atomic mass is 35.5. The lowest BCUT2D eigenvalue weighted by molar-refractivity contribution is -0.385. The van der Waals surface area contributed by atoms with Gasteiger partial charge in [-0.2, -0.15) is 0 Å². The van der Waals surface area contributed by atoms with Gasteiger partial charge in [-0.05, 0) is 36.8 Å². The van der Waals surface area contributed by atoms with E-state index in [9.17, 15) is 14.9 Å². The van der Waals surface area contributed by atoms with Crippen molar-refractivity contribution in [3.05, 3.63) is 68.7 Å². The van der Waals surface area contributed by atoms with Crippen LogP contribution in [0.5, 0.6) is 5.75 Å². The molecular weight excluding hydrogens is 294 g/mol. The molecule has 0 bridgehead atoms. The minimum Gasteiger partial charge on any atom is -0.489 e. The van der Waals surface area contributed by atoms with Gasteiger partial charge in [0.25, 0.3) is 5.69 Å². The van der Waals surface area contributed by atoms with E-state index in [-0.39, 0.29) is 23.6 Å². The zero-order valence-corrected chi connectivity index (χ0v) is 12.0. The van der Waals surface area contributed by atoms with E-state index in [0.717, 1.165) is 5.56 Å². The Labute approximate surface area is 126 Å². The third-order valence-corrected chi connectivity index (χ3v) is 3.07. The highest BCUT2D eigenvalue weighted by molar-refractivity contribution is 6.30. The van der Waals surface area contributed by atoms with Crippen molar-refractivity contribution in [3.63, 3.8) is 0 Å². The fourth-order valence-corrected chi connectivity index (χ4v) is 2.05. The summed E-state index contributed by atoms with van der Waals surface area (Å²) in [6.45, 7) is 1.54. The maximum Gasteiger partial charge on any atom is 0.280 e. The fourth-order valence-electron chi connectivity index (χ4n) is 1.84. The van der Waals surface area contributed by atoms with Gasteiger partial charge >= 0.3 is 0 Å².